The number of esters is 1. The zero-order chi connectivity index (χ0) is 22.3. The fourth-order valence-corrected chi connectivity index (χ4v) is 3.31. The van der Waals surface area contributed by atoms with Crippen molar-refractivity contribution in [1.82, 2.24) is 15.0 Å². The fraction of sp³-hybridized carbons (Fsp3) is 0.304. The van der Waals surface area contributed by atoms with E-state index in [1.54, 1.807) is 41.3 Å². The molecule has 1 aliphatic heterocycles. The quantitative estimate of drug-likeness (QED) is 0.523. The van der Waals surface area contributed by atoms with Crippen LogP contribution in [0, 0.1) is 5.82 Å². The van der Waals surface area contributed by atoms with Crippen LogP contribution in [0.1, 0.15) is 24.0 Å². The van der Waals surface area contributed by atoms with E-state index in [-0.39, 0.29) is 30.5 Å². The van der Waals surface area contributed by atoms with Crippen molar-refractivity contribution in [2.45, 2.75) is 18.9 Å². The molecule has 3 aromatic rings. The smallest absolute Gasteiger partial charge is 0.307 e. The van der Waals surface area contributed by atoms with Crippen LogP contribution < -0.4 is 0 Å². The number of amides is 1. The molecule has 0 saturated carbocycles. The van der Waals surface area contributed by atoms with E-state index in [2.05, 4.69) is 10.1 Å². The predicted octanol–water partition coefficient (Wildman–Crippen LogP) is 2.95. The Morgan fingerprint density at radius 1 is 1.06 bits per heavy atom. The molecule has 0 aliphatic carbocycles. The summed E-state index contributed by atoms with van der Waals surface area (Å²) in [7, 11) is 0. The molecule has 0 radical (unpaired) electrons. The molecule has 0 bridgehead atoms. The van der Waals surface area contributed by atoms with Gasteiger partial charge in [-0.1, -0.05) is 35.5 Å². The maximum atomic E-state index is 13.1. The van der Waals surface area contributed by atoms with Crippen LogP contribution in [-0.2, 0) is 25.5 Å². The fourth-order valence-electron chi connectivity index (χ4n) is 3.31. The average molecular weight is 439 g/mol. The van der Waals surface area contributed by atoms with Gasteiger partial charge in [0.2, 0.25) is 17.8 Å². The van der Waals surface area contributed by atoms with Crippen molar-refractivity contribution in [2.24, 2.45) is 0 Å². The molecule has 0 unspecified atom stereocenters. The Labute approximate surface area is 183 Å². The second-order valence-electron chi connectivity index (χ2n) is 7.24. The van der Waals surface area contributed by atoms with Gasteiger partial charge in [-0.2, -0.15) is 4.98 Å². The van der Waals surface area contributed by atoms with Crippen LogP contribution in [0.3, 0.4) is 0 Å². The highest BCUT2D eigenvalue weighted by Gasteiger charge is 2.30. The lowest BCUT2D eigenvalue weighted by Gasteiger charge is -2.30. The first-order chi connectivity index (χ1) is 15.6. The minimum absolute atomic E-state index is 0.0369. The number of morpholine rings is 1. The molecule has 1 fully saturated rings. The Balaban J connectivity index is 1.39. The maximum absolute atomic E-state index is 13.1. The van der Waals surface area contributed by atoms with Gasteiger partial charge >= 0.3 is 5.97 Å². The van der Waals surface area contributed by atoms with E-state index in [1.165, 1.54) is 12.1 Å². The lowest BCUT2D eigenvalue weighted by atomic mass is 10.1. The summed E-state index contributed by atoms with van der Waals surface area (Å²) < 4.78 is 29.1. The summed E-state index contributed by atoms with van der Waals surface area (Å²) in [5.74, 6) is -0.638. The summed E-state index contributed by atoms with van der Waals surface area (Å²) >= 11 is 0. The zero-order valence-corrected chi connectivity index (χ0v) is 17.3. The van der Waals surface area contributed by atoms with E-state index >= 15 is 0 Å². The summed E-state index contributed by atoms with van der Waals surface area (Å²) in [6.07, 6.45) is -0.912. The first-order valence-electron chi connectivity index (χ1n) is 10.3. The van der Waals surface area contributed by atoms with Crippen molar-refractivity contribution in [3.63, 3.8) is 0 Å². The topological polar surface area (TPSA) is 94.8 Å². The Bertz CT molecular complexity index is 1050. The van der Waals surface area contributed by atoms with E-state index in [1.807, 2.05) is 6.07 Å². The number of hydrogen-bond donors (Lipinski definition) is 0. The number of benzene rings is 2. The number of rotatable bonds is 7. The van der Waals surface area contributed by atoms with Crippen molar-refractivity contribution < 1.29 is 28.0 Å². The van der Waals surface area contributed by atoms with E-state index in [4.69, 9.17) is 14.0 Å². The number of nitrogens with zero attached hydrogens (tertiary/aromatic N) is 3. The molecular weight excluding hydrogens is 417 g/mol. The maximum Gasteiger partial charge on any atom is 0.307 e. The number of carbonyl (C=O) groups is 2. The third-order valence-electron chi connectivity index (χ3n) is 5.01. The molecule has 0 N–H and O–H groups in total. The second-order valence-corrected chi connectivity index (χ2v) is 7.24. The Hall–Kier alpha value is -3.59. The molecule has 4 rings (SSSR count). The minimum Gasteiger partial charge on any atom is -0.447 e. The van der Waals surface area contributed by atoms with E-state index in [0.717, 1.165) is 0 Å². The summed E-state index contributed by atoms with van der Waals surface area (Å²) in [5.41, 5.74) is 1.21. The SMILES string of the molecule is O=C(CCc1nc(-c2ccc(F)cc2)no1)O[C@@H](C(=O)N1CCOCC1)c1ccccc1. The Morgan fingerprint density at radius 2 is 1.78 bits per heavy atom. The average Bonchev–Trinajstić information content (AvgIpc) is 3.31. The number of aryl methyl sites for hydroxylation is 1. The standard InChI is InChI=1S/C23H22FN3O5/c24-18-8-6-17(7-9-18)22-25-19(32-26-22)10-11-20(28)31-21(16-4-2-1-3-5-16)23(29)27-12-14-30-15-13-27/h1-9,21H,10-15H2/t21-/m1/s1. The molecular formula is C23H22FN3O5. The van der Waals surface area contributed by atoms with Gasteiger partial charge < -0.3 is 18.9 Å². The molecule has 1 aliphatic rings. The number of ether oxygens (including phenoxy) is 2. The first kappa shape index (κ1) is 21.6. The number of aromatic nitrogens is 2. The van der Waals surface area contributed by atoms with Crippen LogP contribution in [0.2, 0.25) is 0 Å². The molecule has 2 heterocycles. The summed E-state index contributed by atoms with van der Waals surface area (Å²) in [5, 5.41) is 3.86. The first-order valence-corrected chi connectivity index (χ1v) is 10.3. The van der Waals surface area contributed by atoms with E-state index in [0.29, 0.717) is 43.3 Å². The largest absolute Gasteiger partial charge is 0.447 e. The number of carbonyl (C=O) groups excluding carboxylic acids is 2. The third kappa shape index (κ3) is 5.36. The third-order valence-corrected chi connectivity index (χ3v) is 5.01. The van der Waals surface area contributed by atoms with Gasteiger partial charge in [-0.05, 0) is 24.3 Å². The Morgan fingerprint density at radius 3 is 2.50 bits per heavy atom. The lowest BCUT2D eigenvalue weighted by Crippen LogP contribution is -2.44. The van der Waals surface area contributed by atoms with E-state index < -0.39 is 12.1 Å². The van der Waals surface area contributed by atoms with Crippen molar-refractivity contribution in [1.29, 1.82) is 0 Å². The van der Waals surface area contributed by atoms with Gasteiger partial charge in [-0.3, -0.25) is 9.59 Å². The molecule has 1 amide bonds. The second kappa shape index (κ2) is 10.1. The minimum atomic E-state index is -1.03. The highest BCUT2D eigenvalue weighted by molar-refractivity contribution is 5.85. The molecule has 1 aromatic heterocycles. The normalized spacial score (nSPS) is 14.7. The van der Waals surface area contributed by atoms with Gasteiger partial charge in [0.1, 0.15) is 5.82 Å². The molecule has 2 aromatic carbocycles. The molecule has 0 spiro atoms. The van der Waals surface area contributed by atoms with Gasteiger partial charge in [-0.15, -0.1) is 0 Å². The summed E-state index contributed by atoms with van der Waals surface area (Å²) in [6.45, 7) is 1.81. The van der Waals surface area contributed by atoms with Gasteiger partial charge in [0.25, 0.3) is 5.91 Å². The lowest BCUT2D eigenvalue weighted by molar-refractivity contribution is -0.162. The number of hydrogen-bond acceptors (Lipinski definition) is 7. The van der Waals surface area contributed by atoms with Crippen molar-refractivity contribution in [3.8, 4) is 11.4 Å². The zero-order valence-electron chi connectivity index (χ0n) is 17.3. The summed E-state index contributed by atoms with van der Waals surface area (Å²) in [4.78, 5) is 31.4. The van der Waals surface area contributed by atoms with Crippen molar-refractivity contribution in [3.05, 3.63) is 71.9 Å². The van der Waals surface area contributed by atoms with Crippen LogP contribution in [0.4, 0.5) is 4.39 Å². The van der Waals surface area contributed by atoms with Crippen LogP contribution >= 0.6 is 0 Å². The summed E-state index contributed by atoms with van der Waals surface area (Å²) in [6, 6.07) is 14.6. The van der Waals surface area contributed by atoms with Crippen LogP contribution in [0.5, 0.6) is 0 Å². The van der Waals surface area contributed by atoms with Gasteiger partial charge in [0.15, 0.2) is 0 Å². The van der Waals surface area contributed by atoms with Gasteiger partial charge in [0, 0.05) is 30.6 Å². The van der Waals surface area contributed by atoms with E-state index in [9.17, 15) is 14.0 Å². The predicted molar refractivity (Wildman–Crippen MR) is 111 cm³/mol. The molecule has 32 heavy (non-hydrogen) atoms. The van der Waals surface area contributed by atoms with Crippen LogP contribution in [-0.4, -0.2) is 53.2 Å². The Kier molecular flexibility index (Phi) is 6.86. The van der Waals surface area contributed by atoms with Crippen molar-refractivity contribution in [2.75, 3.05) is 26.3 Å². The molecule has 166 valence electrons. The molecule has 1 saturated heterocycles. The van der Waals surface area contributed by atoms with Crippen LogP contribution in [0.15, 0.2) is 59.1 Å². The van der Waals surface area contributed by atoms with Gasteiger partial charge in [0.05, 0.1) is 19.6 Å². The van der Waals surface area contributed by atoms with Crippen LogP contribution in [0.25, 0.3) is 11.4 Å². The monoisotopic (exact) mass is 439 g/mol. The highest BCUT2D eigenvalue weighted by Crippen LogP contribution is 2.22. The number of halogens is 1. The van der Waals surface area contributed by atoms with Crippen molar-refractivity contribution >= 4 is 11.9 Å². The molecule has 8 nitrogen and oxygen atoms in total. The van der Waals surface area contributed by atoms with Gasteiger partial charge in [-0.25, -0.2) is 4.39 Å². The highest BCUT2D eigenvalue weighted by atomic mass is 19.1. The molecule has 9 heteroatoms. The molecule has 1 atom stereocenters.